The first-order valence-corrected chi connectivity index (χ1v) is 4.95. The lowest BCUT2D eigenvalue weighted by atomic mass is 10.3. The Bertz CT molecular complexity index is 594. The number of aldehydes is 1. The van der Waals surface area contributed by atoms with Crippen molar-refractivity contribution in [3.05, 3.63) is 51.3 Å². The summed E-state index contributed by atoms with van der Waals surface area (Å²) in [6.45, 7) is 0. The van der Waals surface area contributed by atoms with Crippen LogP contribution in [0.15, 0.2) is 30.5 Å². The van der Waals surface area contributed by atoms with E-state index in [4.69, 9.17) is 11.6 Å². The Kier molecular flexibility index (Phi) is 2.88. The van der Waals surface area contributed by atoms with Gasteiger partial charge in [-0.2, -0.15) is 5.10 Å². The van der Waals surface area contributed by atoms with Crippen LogP contribution in [0.25, 0.3) is 5.69 Å². The molecule has 2 aromatic rings. The smallest absolute Gasteiger partial charge is 0.296 e. The first-order valence-electron chi connectivity index (χ1n) is 4.57. The van der Waals surface area contributed by atoms with E-state index in [9.17, 15) is 14.9 Å². The third-order valence-corrected chi connectivity index (χ3v) is 2.49. The first kappa shape index (κ1) is 11.3. The highest BCUT2D eigenvalue weighted by atomic mass is 35.5. The fraction of sp³-hybridized carbons (Fsp3) is 0. The molecule has 6 nitrogen and oxygen atoms in total. The van der Waals surface area contributed by atoms with Crippen molar-refractivity contribution >= 4 is 23.6 Å². The van der Waals surface area contributed by atoms with E-state index in [1.165, 1.54) is 0 Å². The number of halogens is 1. The number of carbonyl (C=O) groups is 1. The van der Waals surface area contributed by atoms with Crippen molar-refractivity contribution in [3.63, 3.8) is 0 Å². The maximum Gasteiger partial charge on any atom is 0.318 e. The average Bonchev–Trinajstić information content (AvgIpc) is 2.73. The molecule has 2 rings (SSSR count). The molecule has 1 aromatic carbocycles. The van der Waals surface area contributed by atoms with E-state index in [2.05, 4.69) is 5.10 Å². The molecule has 0 N–H and O–H groups in total. The van der Waals surface area contributed by atoms with Crippen molar-refractivity contribution in [1.82, 2.24) is 9.78 Å². The van der Waals surface area contributed by atoms with Crippen LogP contribution in [0.5, 0.6) is 0 Å². The van der Waals surface area contributed by atoms with Gasteiger partial charge in [0.25, 0.3) is 0 Å². The summed E-state index contributed by atoms with van der Waals surface area (Å²) in [7, 11) is 0. The van der Waals surface area contributed by atoms with Gasteiger partial charge in [0.15, 0.2) is 12.0 Å². The van der Waals surface area contributed by atoms with Gasteiger partial charge in [0, 0.05) is 0 Å². The molecular formula is C10H6ClN3O3. The minimum absolute atomic E-state index is 0.136. The van der Waals surface area contributed by atoms with Gasteiger partial charge in [-0.1, -0.05) is 23.7 Å². The largest absolute Gasteiger partial charge is 0.318 e. The maximum absolute atomic E-state index is 10.9. The van der Waals surface area contributed by atoms with Crippen LogP contribution in [0.3, 0.4) is 0 Å². The lowest BCUT2D eigenvalue weighted by Crippen LogP contribution is -2.03. The predicted octanol–water partition coefficient (Wildman–Crippen LogP) is 2.25. The molecule has 17 heavy (non-hydrogen) atoms. The highest BCUT2D eigenvalue weighted by molar-refractivity contribution is 6.32. The van der Waals surface area contributed by atoms with Gasteiger partial charge in [0.05, 0.1) is 15.6 Å². The number of rotatable bonds is 3. The van der Waals surface area contributed by atoms with Gasteiger partial charge in [-0.3, -0.25) is 14.9 Å². The van der Waals surface area contributed by atoms with Gasteiger partial charge < -0.3 is 0 Å². The Balaban J connectivity index is 2.65. The minimum atomic E-state index is -0.663. The van der Waals surface area contributed by atoms with Gasteiger partial charge in [-0.05, 0) is 12.1 Å². The fourth-order valence-corrected chi connectivity index (χ4v) is 1.63. The molecular weight excluding hydrogens is 246 g/mol. The molecule has 0 spiro atoms. The van der Waals surface area contributed by atoms with Crippen molar-refractivity contribution in [2.24, 2.45) is 0 Å². The molecule has 0 aliphatic carbocycles. The lowest BCUT2D eigenvalue weighted by Gasteiger charge is -2.04. The number of carbonyl (C=O) groups excluding carboxylic acids is 1. The third-order valence-electron chi connectivity index (χ3n) is 2.18. The molecule has 7 heteroatoms. The number of hydrogen-bond acceptors (Lipinski definition) is 4. The minimum Gasteiger partial charge on any atom is -0.296 e. The lowest BCUT2D eigenvalue weighted by molar-refractivity contribution is -0.385. The number of aromatic nitrogens is 2. The van der Waals surface area contributed by atoms with Crippen LogP contribution in [-0.4, -0.2) is 21.0 Å². The summed E-state index contributed by atoms with van der Waals surface area (Å²) >= 11 is 5.93. The Labute approximate surface area is 101 Å². The van der Waals surface area contributed by atoms with Crippen LogP contribution >= 0.6 is 11.6 Å². The molecule has 1 heterocycles. The van der Waals surface area contributed by atoms with E-state index in [1.54, 1.807) is 24.3 Å². The highest BCUT2D eigenvalue weighted by Gasteiger charge is 2.21. The molecule has 0 radical (unpaired) electrons. The molecule has 0 fully saturated rings. The van der Waals surface area contributed by atoms with E-state index >= 15 is 0 Å². The topological polar surface area (TPSA) is 78.0 Å². The fourth-order valence-electron chi connectivity index (χ4n) is 1.42. The van der Waals surface area contributed by atoms with Crippen LogP contribution in [0.2, 0.25) is 5.02 Å². The second kappa shape index (κ2) is 4.34. The molecule has 0 saturated carbocycles. The number of benzene rings is 1. The van der Waals surface area contributed by atoms with Crippen LogP contribution in [0.4, 0.5) is 5.69 Å². The Hall–Kier alpha value is -2.21. The average molecular weight is 252 g/mol. The van der Waals surface area contributed by atoms with Crippen LogP contribution in [0.1, 0.15) is 10.5 Å². The summed E-state index contributed by atoms with van der Waals surface area (Å²) in [6, 6.07) is 6.64. The van der Waals surface area contributed by atoms with Gasteiger partial charge in [-0.15, -0.1) is 0 Å². The molecule has 0 atom stereocenters. The highest BCUT2D eigenvalue weighted by Crippen LogP contribution is 2.24. The first-order chi connectivity index (χ1) is 8.15. The molecule has 0 amide bonds. The van der Waals surface area contributed by atoms with Crippen molar-refractivity contribution in [2.75, 3.05) is 0 Å². The zero-order valence-electron chi connectivity index (χ0n) is 8.41. The molecule has 0 unspecified atom stereocenters. The normalized spacial score (nSPS) is 10.2. The Morgan fingerprint density at radius 2 is 2.12 bits per heavy atom. The Morgan fingerprint density at radius 3 is 2.71 bits per heavy atom. The van der Waals surface area contributed by atoms with Gasteiger partial charge in [0.2, 0.25) is 0 Å². The van der Waals surface area contributed by atoms with Crippen LogP contribution in [0, 0.1) is 10.1 Å². The second-order valence-corrected chi connectivity index (χ2v) is 3.56. The van der Waals surface area contributed by atoms with E-state index in [-0.39, 0.29) is 11.4 Å². The number of nitrogens with zero attached hydrogens (tertiary/aromatic N) is 3. The van der Waals surface area contributed by atoms with Gasteiger partial charge in [-0.25, -0.2) is 4.68 Å². The van der Waals surface area contributed by atoms with E-state index in [0.29, 0.717) is 17.0 Å². The summed E-state index contributed by atoms with van der Waals surface area (Å²) in [5.41, 5.74) is -0.0626. The standard InChI is InChI=1S/C10H6ClN3O3/c11-7-3-1-2-4-8(7)13-10(6-15)9(5-12-13)14(16)17/h1-6H. The quantitative estimate of drug-likeness (QED) is 0.476. The summed E-state index contributed by atoms with van der Waals surface area (Å²) in [5.74, 6) is 0. The van der Waals surface area contributed by atoms with Crippen molar-refractivity contribution in [1.29, 1.82) is 0 Å². The van der Waals surface area contributed by atoms with Gasteiger partial charge in [0.1, 0.15) is 6.20 Å². The predicted molar refractivity (Wildman–Crippen MR) is 60.6 cm³/mol. The van der Waals surface area contributed by atoms with Crippen molar-refractivity contribution in [3.8, 4) is 5.69 Å². The number of nitro groups is 1. The zero-order valence-corrected chi connectivity index (χ0v) is 9.16. The van der Waals surface area contributed by atoms with Crippen LogP contribution in [-0.2, 0) is 0 Å². The van der Waals surface area contributed by atoms with Crippen molar-refractivity contribution < 1.29 is 9.72 Å². The number of hydrogen-bond donors (Lipinski definition) is 0. The molecule has 0 saturated heterocycles. The second-order valence-electron chi connectivity index (χ2n) is 3.15. The summed E-state index contributed by atoms with van der Waals surface area (Å²) in [6.07, 6.45) is 1.40. The molecule has 86 valence electrons. The molecule has 1 aromatic heterocycles. The third kappa shape index (κ3) is 1.90. The monoisotopic (exact) mass is 251 g/mol. The van der Waals surface area contributed by atoms with E-state index in [0.717, 1.165) is 10.9 Å². The molecule has 0 aliphatic heterocycles. The molecule has 0 bridgehead atoms. The Morgan fingerprint density at radius 1 is 1.41 bits per heavy atom. The zero-order chi connectivity index (χ0) is 12.4. The molecule has 0 aliphatic rings. The van der Waals surface area contributed by atoms with Gasteiger partial charge >= 0.3 is 5.69 Å². The summed E-state index contributed by atoms with van der Waals surface area (Å²) in [4.78, 5) is 20.9. The van der Waals surface area contributed by atoms with E-state index in [1.807, 2.05) is 0 Å². The van der Waals surface area contributed by atoms with Crippen LogP contribution < -0.4 is 0 Å². The van der Waals surface area contributed by atoms with Crippen molar-refractivity contribution in [2.45, 2.75) is 0 Å². The SMILES string of the molecule is O=Cc1c([N+](=O)[O-])cnn1-c1ccccc1Cl. The maximum atomic E-state index is 10.9. The summed E-state index contributed by atoms with van der Waals surface area (Å²) < 4.78 is 1.15. The number of para-hydroxylation sites is 1. The summed E-state index contributed by atoms with van der Waals surface area (Å²) in [5, 5.41) is 14.8. The van der Waals surface area contributed by atoms with E-state index < -0.39 is 4.92 Å².